The van der Waals surface area contributed by atoms with Crippen molar-refractivity contribution in [2.75, 3.05) is 0 Å². The van der Waals surface area contributed by atoms with Crippen LogP contribution in [0.15, 0.2) is 24.3 Å². The first-order valence-corrected chi connectivity index (χ1v) is 4.70. The summed E-state index contributed by atoms with van der Waals surface area (Å²) in [6.45, 7) is 0.643. The molecular formula is C10H9ClF3NO. The molecule has 0 radical (unpaired) electrons. The van der Waals surface area contributed by atoms with Crippen LogP contribution in [0.1, 0.15) is 17.3 Å². The van der Waals surface area contributed by atoms with Crippen LogP contribution in [0.2, 0.25) is 5.02 Å². The molecule has 0 aromatic heterocycles. The molecule has 0 fully saturated rings. The second kappa shape index (κ2) is 4.07. The summed E-state index contributed by atoms with van der Waals surface area (Å²) in [5.41, 5.74) is 1.99. The van der Waals surface area contributed by atoms with Crippen LogP contribution in [0.5, 0.6) is 0 Å². The number of benzene rings is 1. The first-order chi connectivity index (χ1) is 7.16. The molecule has 0 aliphatic carbocycles. The van der Waals surface area contributed by atoms with Crippen LogP contribution >= 0.6 is 11.6 Å². The Morgan fingerprint density at radius 1 is 1.25 bits per heavy atom. The van der Waals surface area contributed by atoms with Gasteiger partial charge in [0.2, 0.25) is 0 Å². The smallest absolute Gasteiger partial charge is 0.311 e. The lowest BCUT2D eigenvalue weighted by Gasteiger charge is -2.25. The Bertz CT molecular complexity index is 398. The van der Waals surface area contributed by atoms with Gasteiger partial charge in [0, 0.05) is 10.6 Å². The minimum atomic E-state index is -4.79. The van der Waals surface area contributed by atoms with E-state index >= 15 is 0 Å². The second-order valence-electron chi connectivity index (χ2n) is 3.54. The molecule has 1 unspecified atom stereocenters. The van der Waals surface area contributed by atoms with Crippen molar-refractivity contribution in [1.82, 2.24) is 0 Å². The number of nitrogens with two attached hydrogens (primary N) is 1. The Hall–Kier alpha value is -1.07. The lowest BCUT2D eigenvalue weighted by atomic mass is 9.92. The van der Waals surface area contributed by atoms with E-state index in [1.165, 1.54) is 24.3 Å². The topological polar surface area (TPSA) is 43.1 Å². The molecule has 1 aromatic carbocycles. The fourth-order valence-electron chi connectivity index (χ4n) is 1.03. The van der Waals surface area contributed by atoms with Gasteiger partial charge < -0.3 is 5.73 Å². The van der Waals surface area contributed by atoms with Gasteiger partial charge in [-0.15, -0.1) is 0 Å². The van der Waals surface area contributed by atoms with Crippen LogP contribution in [0, 0.1) is 0 Å². The minimum absolute atomic E-state index is 0.119. The molecule has 0 heterocycles. The summed E-state index contributed by atoms with van der Waals surface area (Å²) in [5, 5.41) is 0.335. The highest BCUT2D eigenvalue weighted by Crippen LogP contribution is 2.30. The third kappa shape index (κ3) is 2.36. The molecule has 2 N–H and O–H groups in total. The van der Waals surface area contributed by atoms with E-state index in [9.17, 15) is 18.0 Å². The predicted octanol–water partition coefficient (Wildman–Crippen LogP) is 2.80. The molecule has 0 aliphatic rings. The predicted molar refractivity (Wildman–Crippen MR) is 54.4 cm³/mol. The van der Waals surface area contributed by atoms with E-state index in [1.807, 2.05) is 0 Å². The summed E-state index contributed by atoms with van der Waals surface area (Å²) in [5.74, 6) is -1.18. The van der Waals surface area contributed by atoms with Crippen molar-refractivity contribution in [2.45, 2.75) is 18.6 Å². The fourth-order valence-corrected chi connectivity index (χ4v) is 1.16. The van der Waals surface area contributed by atoms with Gasteiger partial charge in [-0.05, 0) is 31.2 Å². The van der Waals surface area contributed by atoms with Crippen LogP contribution in [0.4, 0.5) is 13.2 Å². The standard InChI is InChI=1S/C10H9ClF3NO/c1-9(15,10(12,13)14)8(16)6-2-4-7(11)5-3-6/h2-5H,15H2,1H3. The monoisotopic (exact) mass is 251 g/mol. The molecule has 0 saturated carbocycles. The van der Waals surface area contributed by atoms with Crippen molar-refractivity contribution in [3.8, 4) is 0 Å². The van der Waals surface area contributed by atoms with Crippen LogP contribution < -0.4 is 5.73 Å². The number of hydrogen-bond donors (Lipinski definition) is 1. The van der Waals surface area contributed by atoms with Gasteiger partial charge in [-0.1, -0.05) is 11.6 Å². The van der Waals surface area contributed by atoms with E-state index in [2.05, 4.69) is 0 Å². The number of halogens is 4. The van der Waals surface area contributed by atoms with Gasteiger partial charge in [-0.3, -0.25) is 4.79 Å². The number of Topliss-reactive ketones (excluding diaryl/α,β-unsaturated/α-hetero) is 1. The van der Waals surface area contributed by atoms with Crippen molar-refractivity contribution in [2.24, 2.45) is 5.73 Å². The van der Waals surface area contributed by atoms with Crippen molar-refractivity contribution < 1.29 is 18.0 Å². The third-order valence-electron chi connectivity index (χ3n) is 2.17. The van der Waals surface area contributed by atoms with Gasteiger partial charge in [0.1, 0.15) is 0 Å². The minimum Gasteiger partial charge on any atom is -0.311 e. The van der Waals surface area contributed by atoms with E-state index in [4.69, 9.17) is 17.3 Å². The molecule has 0 saturated heterocycles. The zero-order valence-corrected chi connectivity index (χ0v) is 9.06. The lowest BCUT2D eigenvalue weighted by Crippen LogP contribution is -2.57. The van der Waals surface area contributed by atoms with E-state index in [1.54, 1.807) is 0 Å². The maximum Gasteiger partial charge on any atom is 0.413 e. The second-order valence-corrected chi connectivity index (χ2v) is 3.97. The average Bonchev–Trinajstić information content (AvgIpc) is 2.16. The quantitative estimate of drug-likeness (QED) is 0.822. The van der Waals surface area contributed by atoms with Crippen LogP contribution in [-0.2, 0) is 0 Å². The van der Waals surface area contributed by atoms with Crippen LogP contribution in [-0.4, -0.2) is 17.5 Å². The van der Waals surface area contributed by atoms with E-state index < -0.39 is 17.5 Å². The molecule has 88 valence electrons. The van der Waals surface area contributed by atoms with E-state index in [0.717, 1.165) is 0 Å². The highest BCUT2D eigenvalue weighted by Gasteiger charge is 2.53. The van der Waals surface area contributed by atoms with Crippen LogP contribution in [0.3, 0.4) is 0 Å². The number of hydrogen-bond acceptors (Lipinski definition) is 2. The summed E-state index contributed by atoms with van der Waals surface area (Å²) in [6.07, 6.45) is -4.79. The molecule has 0 aliphatic heterocycles. The lowest BCUT2D eigenvalue weighted by molar-refractivity contribution is -0.165. The van der Waals surface area contributed by atoms with Crippen LogP contribution in [0.25, 0.3) is 0 Å². The van der Waals surface area contributed by atoms with Gasteiger partial charge in [-0.2, -0.15) is 13.2 Å². The first kappa shape index (κ1) is 13.0. The Morgan fingerprint density at radius 3 is 2.06 bits per heavy atom. The number of rotatable bonds is 2. The molecule has 1 rings (SSSR count). The van der Waals surface area contributed by atoms with Crippen molar-refractivity contribution in [1.29, 1.82) is 0 Å². The Kier molecular flexibility index (Phi) is 3.30. The van der Waals surface area contributed by atoms with Gasteiger partial charge in [0.15, 0.2) is 11.3 Å². The molecule has 0 bridgehead atoms. The maximum absolute atomic E-state index is 12.5. The third-order valence-corrected chi connectivity index (χ3v) is 2.42. The van der Waals surface area contributed by atoms with Gasteiger partial charge in [-0.25, -0.2) is 0 Å². The molecular weight excluding hydrogens is 243 g/mol. The fraction of sp³-hybridized carbons (Fsp3) is 0.300. The Balaban J connectivity index is 3.07. The largest absolute Gasteiger partial charge is 0.413 e. The summed E-state index contributed by atoms with van der Waals surface area (Å²) in [7, 11) is 0. The Labute approximate surface area is 95.2 Å². The SMILES string of the molecule is CC(N)(C(=O)c1ccc(Cl)cc1)C(F)(F)F. The first-order valence-electron chi connectivity index (χ1n) is 4.32. The van der Waals surface area contributed by atoms with Crippen molar-refractivity contribution in [3.63, 3.8) is 0 Å². The average molecular weight is 252 g/mol. The van der Waals surface area contributed by atoms with E-state index in [0.29, 0.717) is 11.9 Å². The maximum atomic E-state index is 12.5. The number of ketones is 1. The molecule has 2 nitrogen and oxygen atoms in total. The molecule has 1 atom stereocenters. The Morgan fingerprint density at radius 2 is 1.69 bits per heavy atom. The van der Waals surface area contributed by atoms with Gasteiger partial charge >= 0.3 is 6.18 Å². The highest BCUT2D eigenvalue weighted by molar-refractivity contribution is 6.30. The van der Waals surface area contributed by atoms with Gasteiger partial charge in [0.25, 0.3) is 0 Å². The molecule has 1 aromatic rings. The van der Waals surface area contributed by atoms with E-state index in [-0.39, 0.29) is 5.56 Å². The highest BCUT2D eigenvalue weighted by atomic mass is 35.5. The zero-order chi connectivity index (χ0) is 12.6. The van der Waals surface area contributed by atoms with Crippen molar-refractivity contribution in [3.05, 3.63) is 34.9 Å². The molecule has 0 amide bonds. The van der Waals surface area contributed by atoms with Gasteiger partial charge in [0.05, 0.1) is 0 Å². The summed E-state index contributed by atoms with van der Waals surface area (Å²) in [6, 6.07) is 5.09. The zero-order valence-electron chi connectivity index (χ0n) is 8.31. The number of alkyl halides is 3. The normalized spacial score (nSPS) is 15.6. The molecule has 0 spiro atoms. The summed E-state index contributed by atoms with van der Waals surface area (Å²) < 4.78 is 37.4. The van der Waals surface area contributed by atoms with Crippen molar-refractivity contribution >= 4 is 17.4 Å². The summed E-state index contributed by atoms with van der Waals surface area (Å²) >= 11 is 5.56. The summed E-state index contributed by atoms with van der Waals surface area (Å²) in [4.78, 5) is 11.5. The number of carbonyl (C=O) groups is 1. The number of carbonyl (C=O) groups excluding carboxylic acids is 1. The molecule has 6 heteroatoms. The molecule has 16 heavy (non-hydrogen) atoms.